The molecule has 3 rings (SSSR count). The van der Waals surface area contributed by atoms with Gasteiger partial charge in [-0.2, -0.15) is 0 Å². The fourth-order valence-electron chi connectivity index (χ4n) is 3.24. The van der Waals surface area contributed by atoms with Crippen molar-refractivity contribution in [2.75, 3.05) is 5.32 Å². The molecular formula is C18H24N4O. The van der Waals surface area contributed by atoms with E-state index in [1.807, 2.05) is 30.7 Å². The molecular weight excluding hydrogens is 288 g/mol. The first-order valence-corrected chi connectivity index (χ1v) is 8.28. The summed E-state index contributed by atoms with van der Waals surface area (Å²) < 4.78 is 2.09. The van der Waals surface area contributed by atoms with Crippen molar-refractivity contribution < 1.29 is 4.79 Å². The number of nitrogens with one attached hydrogen (secondary N) is 2. The highest BCUT2D eigenvalue weighted by molar-refractivity contribution is 5.89. The Morgan fingerprint density at radius 1 is 1.35 bits per heavy atom. The van der Waals surface area contributed by atoms with Gasteiger partial charge in [-0.25, -0.2) is 9.78 Å². The number of benzene rings is 1. The van der Waals surface area contributed by atoms with Gasteiger partial charge in [-0.3, -0.25) is 0 Å². The Kier molecular flexibility index (Phi) is 4.65. The fraction of sp³-hybridized carbons (Fsp3) is 0.444. The summed E-state index contributed by atoms with van der Waals surface area (Å²) in [6.45, 7) is 4.29. The van der Waals surface area contributed by atoms with Crippen molar-refractivity contribution in [3.05, 3.63) is 48.5 Å². The Morgan fingerprint density at radius 2 is 2.22 bits per heavy atom. The lowest BCUT2D eigenvalue weighted by Gasteiger charge is -2.22. The molecule has 23 heavy (non-hydrogen) atoms. The molecule has 2 aromatic rings. The van der Waals surface area contributed by atoms with Crippen LogP contribution in [0.25, 0.3) is 0 Å². The van der Waals surface area contributed by atoms with E-state index < -0.39 is 0 Å². The van der Waals surface area contributed by atoms with E-state index in [-0.39, 0.29) is 12.1 Å². The molecule has 2 N–H and O–H groups in total. The summed E-state index contributed by atoms with van der Waals surface area (Å²) in [7, 11) is 0. The summed E-state index contributed by atoms with van der Waals surface area (Å²) >= 11 is 0. The zero-order chi connectivity index (χ0) is 16.2. The number of carbonyl (C=O) groups excluding carboxylic acids is 1. The van der Waals surface area contributed by atoms with Crippen molar-refractivity contribution in [1.82, 2.24) is 14.9 Å². The van der Waals surface area contributed by atoms with Gasteiger partial charge >= 0.3 is 6.03 Å². The number of aromatic nitrogens is 2. The summed E-state index contributed by atoms with van der Waals surface area (Å²) in [6.07, 6.45) is 8.78. The largest absolute Gasteiger partial charge is 0.333 e. The molecule has 0 bridgehead atoms. The van der Waals surface area contributed by atoms with Crippen LogP contribution in [0.4, 0.5) is 10.5 Å². The van der Waals surface area contributed by atoms with E-state index in [4.69, 9.17) is 0 Å². The highest BCUT2D eigenvalue weighted by atomic mass is 16.2. The summed E-state index contributed by atoms with van der Waals surface area (Å²) in [5.41, 5.74) is 2.06. The van der Waals surface area contributed by atoms with Crippen molar-refractivity contribution in [2.24, 2.45) is 0 Å². The van der Waals surface area contributed by atoms with Gasteiger partial charge in [0.05, 0.1) is 18.4 Å². The summed E-state index contributed by atoms with van der Waals surface area (Å²) in [5, 5.41) is 6.07. The minimum Gasteiger partial charge on any atom is -0.333 e. The first-order valence-electron chi connectivity index (χ1n) is 8.28. The van der Waals surface area contributed by atoms with Gasteiger partial charge in [0.1, 0.15) is 0 Å². The average Bonchev–Trinajstić information content (AvgIpc) is 3.18. The lowest BCUT2D eigenvalue weighted by Crippen LogP contribution is -2.40. The highest BCUT2D eigenvalue weighted by Crippen LogP contribution is 2.30. The van der Waals surface area contributed by atoms with Gasteiger partial charge < -0.3 is 15.2 Å². The molecule has 1 aliphatic carbocycles. The number of nitrogens with zero attached hydrogens (tertiary/aromatic N) is 2. The van der Waals surface area contributed by atoms with Crippen molar-refractivity contribution in [2.45, 2.75) is 51.1 Å². The molecule has 1 heterocycles. The predicted molar refractivity (Wildman–Crippen MR) is 91.6 cm³/mol. The molecule has 1 fully saturated rings. The topological polar surface area (TPSA) is 59.0 Å². The quantitative estimate of drug-likeness (QED) is 0.899. The van der Waals surface area contributed by atoms with Crippen LogP contribution in [0, 0.1) is 0 Å². The molecule has 0 radical (unpaired) electrons. The molecule has 0 unspecified atom stereocenters. The van der Waals surface area contributed by atoms with Crippen molar-refractivity contribution in [3.8, 4) is 0 Å². The van der Waals surface area contributed by atoms with E-state index >= 15 is 0 Å². The van der Waals surface area contributed by atoms with Crippen LogP contribution < -0.4 is 10.6 Å². The van der Waals surface area contributed by atoms with E-state index in [1.165, 1.54) is 5.56 Å². The fourth-order valence-corrected chi connectivity index (χ4v) is 3.24. The minimum absolute atomic E-state index is 0.136. The first kappa shape index (κ1) is 15.6. The van der Waals surface area contributed by atoms with E-state index in [9.17, 15) is 4.79 Å². The number of urea groups is 1. The van der Waals surface area contributed by atoms with E-state index in [1.54, 1.807) is 6.20 Å². The van der Waals surface area contributed by atoms with Gasteiger partial charge in [0.15, 0.2) is 0 Å². The maximum atomic E-state index is 12.3. The molecule has 2 atom stereocenters. The Labute approximate surface area is 137 Å². The van der Waals surface area contributed by atoms with E-state index in [0.29, 0.717) is 12.0 Å². The molecule has 2 amide bonds. The predicted octanol–water partition coefficient (Wildman–Crippen LogP) is 3.92. The molecule has 5 nitrogen and oxygen atoms in total. The normalized spacial score (nSPS) is 20.7. The number of hydrogen-bond donors (Lipinski definition) is 2. The number of hydrogen-bond acceptors (Lipinski definition) is 2. The van der Waals surface area contributed by atoms with Crippen LogP contribution >= 0.6 is 0 Å². The monoisotopic (exact) mass is 312 g/mol. The van der Waals surface area contributed by atoms with E-state index in [2.05, 4.69) is 40.1 Å². The third-order valence-electron chi connectivity index (χ3n) is 4.51. The molecule has 0 saturated heterocycles. The molecule has 0 aliphatic heterocycles. The standard InChI is InChI=1S/C18H24N4O/c1-13(2)14-5-3-6-15(11-14)20-18(23)21-16-7-4-8-17(16)22-10-9-19-12-22/h3,5-6,9-13,16-17H,4,7-8H2,1-2H3,(H2,20,21,23)/t16-,17-/m1/s1. The number of imidazole rings is 1. The Bertz CT molecular complexity index is 651. The molecule has 5 heteroatoms. The van der Waals surface area contributed by atoms with Gasteiger partial charge in [0.2, 0.25) is 0 Å². The first-order chi connectivity index (χ1) is 11.1. The van der Waals surface area contributed by atoms with Gasteiger partial charge in [0, 0.05) is 18.1 Å². The summed E-state index contributed by atoms with van der Waals surface area (Å²) in [6, 6.07) is 8.33. The second-order valence-electron chi connectivity index (χ2n) is 6.49. The maximum absolute atomic E-state index is 12.3. The van der Waals surface area contributed by atoms with Crippen LogP contribution in [-0.4, -0.2) is 21.6 Å². The third-order valence-corrected chi connectivity index (χ3v) is 4.51. The number of amides is 2. The van der Waals surface area contributed by atoms with Crippen LogP contribution in [0.15, 0.2) is 43.0 Å². The van der Waals surface area contributed by atoms with Crippen LogP contribution in [0.2, 0.25) is 0 Å². The molecule has 1 aromatic carbocycles. The van der Waals surface area contributed by atoms with Crippen LogP contribution in [0.3, 0.4) is 0 Å². The average molecular weight is 312 g/mol. The second-order valence-corrected chi connectivity index (χ2v) is 6.49. The Hall–Kier alpha value is -2.30. The van der Waals surface area contributed by atoms with Crippen molar-refractivity contribution in [1.29, 1.82) is 0 Å². The van der Waals surface area contributed by atoms with Gasteiger partial charge in [0.25, 0.3) is 0 Å². The molecule has 122 valence electrons. The zero-order valence-electron chi connectivity index (χ0n) is 13.7. The molecule has 1 aliphatic rings. The minimum atomic E-state index is -0.136. The highest BCUT2D eigenvalue weighted by Gasteiger charge is 2.29. The Balaban J connectivity index is 1.62. The Morgan fingerprint density at radius 3 is 2.96 bits per heavy atom. The number of rotatable bonds is 4. The third kappa shape index (κ3) is 3.73. The SMILES string of the molecule is CC(C)c1cccc(NC(=O)N[C@@H]2CCC[C@H]2n2ccnc2)c1. The smallest absolute Gasteiger partial charge is 0.319 e. The number of carbonyl (C=O) groups is 1. The van der Waals surface area contributed by atoms with Crippen LogP contribution in [-0.2, 0) is 0 Å². The summed E-state index contributed by atoms with van der Waals surface area (Å²) in [4.78, 5) is 16.4. The van der Waals surface area contributed by atoms with Gasteiger partial charge in [-0.1, -0.05) is 26.0 Å². The maximum Gasteiger partial charge on any atom is 0.319 e. The molecule has 1 saturated carbocycles. The summed E-state index contributed by atoms with van der Waals surface area (Å²) in [5.74, 6) is 0.445. The van der Waals surface area contributed by atoms with Crippen molar-refractivity contribution >= 4 is 11.7 Å². The van der Waals surface area contributed by atoms with Crippen molar-refractivity contribution in [3.63, 3.8) is 0 Å². The van der Waals surface area contributed by atoms with Crippen LogP contribution in [0.5, 0.6) is 0 Å². The number of anilines is 1. The lowest BCUT2D eigenvalue weighted by atomic mass is 10.0. The second kappa shape index (κ2) is 6.86. The molecule has 0 spiro atoms. The zero-order valence-corrected chi connectivity index (χ0v) is 13.7. The van der Waals surface area contributed by atoms with Gasteiger partial charge in [-0.15, -0.1) is 0 Å². The lowest BCUT2D eigenvalue weighted by molar-refractivity contribution is 0.245. The van der Waals surface area contributed by atoms with E-state index in [0.717, 1.165) is 24.9 Å². The van der Waals surface area contributed by atoms with Gasteiger partial charge in [-0.05, 0) is 42.9 Å². The molecule has 1 aromatic heterocycles. The van der Waals surface area contributed by atoms with Crippen LogP contribution in [0.1, 0.15) is 50.6 Å².